The van der Waals surface area contributed by atoms with Gasteiger partial charge in [-0.05, 0) is 43.5 Å². The van der Waals surface area contributed by atoms with E-state index in [1.54, 1.807) is 24.3 Å². The van der Waals surface area contributed by atoms with E-state index in [-0.39, 0.29) is 11.9 Å². The standard InChI is InChI=1S/C20H29ClO4/c1-2-3-16-24-19(22)10-8-6-4-5-7-9-11-20(23)25-18-14-12-17(21)13-15-18/h12-15H,2-11,16H2,1H3. The van der Waals surface area contributed by atoms with E-state index in [1.807, 2.05) is 0 Å². The van der Waals surface area contributed by atoms with E-state index < -0.39 is 0 Å². The van der Waals surface area contributed by atoms with Crippen molar-refractivity contribution in [3.8, 4) is 5.75 Å². The third-order valence-electron chi connectivity index (χ3n) is 3.82. The Morgan fingerprint density at radius 1 is 0.840 bits per heavy atom. The van der Waals surface area contributed by atoms with E-state index in [2.05, 4.69) is 6.92 Å². The van der Waals surface area contributed by atoms with Crippen LogP contribution in [0.1, 0.15) is 71.1 Å². The predicted molar refractivity (Wildman–Crippen MR) is 99.9 cm³/mol. The van der Waals surface area contributed by atoms with Gasteiger partial charge in [-0.1, -0.05) is 50.6 Å². The molecule has 1 aromatic carbocycles. The minimum Gasteiger partial charge on any atom is -0.466 e. The fourth-order valence-corrected chi connectivity index (χ4v) is 2.46. The fourth-order valence-electron chi connectivity index (χ4n) is 2.33. The summed E-state index contributed by atoms with van der Waals surface area (Å²) in [6, 6.07) is 6.77. The Labute approximate surface area is 155 Å². The van der Waals surface area contributed by atoms with Crippen molar-refractivity contribution in [1.82, 2.24) is 0 Å². The molecule has 0 unspecified atom stereocenters. The first-order chi connectivity index (χ1) is 12.1. The van der Waals surface area contributed by atoms with Crippen LogP contribution >= 0.6 is 11.6 Å². The van der Waals surface area contributed by atoms with Gasteiger partial charge in [-0.2, -0.15) is 0 Å². The Morgan fingerprint density at radius 3 is 2.00 bits per heavy atom. The lowest BCUT2D eigenvalue weighted by atomic mass is 10.1. The molecule has 5 heteroatoms. The Bertz CT molecular complexity index is 499. The van der Waals surface area contributed by atoms with E-state index in [4.69, 9.17) is 21.1 Å². The molecule has 4 nitrogen and oxygen atoms in total. The third-order valence-corrected chi connectivity index (χ3v) is 4.07. The monoisotopic (exact) mass is 368 g/mol. The number of hydrogen-bond acceptors (Lipinski definition) is 4. The molecule has 25 heavy (non-hydrogen) atoms. The zero-order valence-corrected chi connectivity index (χ0v) is 15.9. The Morgan fingerprint density at radius 2 is 1.40 bits per heavy atom. The molecule has 0 saturated heterocycles. The molecule has 0 aliphatic heterocycles. The van der Waals surface area contributed by atoms with Gasteiger partial charge in [0.1, 0.15) is 5.75 Å². The molecular weight excluding hydrogens is 340 g/mol. The highest BCUT2D eigenvalue weighted by atomic mass is 35.5. The van der Waals surface area contributed by atoms with E-state index in [9.17, 15) is 9.59 Å². The molecule has 0 saturated carbocycles. The second-order valence-corrected chi connectivity index (χ2v) is 6.56. The molecule has 0 amide bonds. The number of halogens is 1. The molecule has 0 radical (unpaired) electrons. The fraction of sp³-hybridized carbons (Fsp3) is 0.600. The van der Waals surface area contributed by atoms with Gasteiger partial charge in [0.25, 0.3) is 0 Å². The highest BCUT2D eigenvalue weighted by molar-refractivity contribution is 6.30. The van der Waals surface area contributed by atoms with Crippen LogP contribution in [-0.4, -0.2) is 18.5 Å². The number of rotatable bonds is 13. The van der Waals surface area contributed by atoms with Crippen LogP contribution in [0.5, 0.6) is 5.75 Å². The van der Waals surface area contributed by atoms with Crippen molar-refractivity contribution in [2.24, 2.45) is 0 Å². The summed E-state index contributed by atoms with van der Waals surface area (Å²) in [6.07, 6.45) is 8.79. The van der Waals surface area contributed by atoms with Crippen molar-refractivity contribution in [1.29, 1.82) is 0 Å². The smallest absolute Gasteiger partial charge is 0.311 e. The molecule has 0 fully saturated rings. The van der Waals surface area contributed by atoms with Crippen LogP contribution in [0.25, 0.3) is 0 Å². The molecule has 0 aliphatic rings. The quantitative estimate of drug-likeness (QED) is 0.254. The maximum Gasteiger partial charge on any atom is 0.311 e. The van der Waals surface area contributed by atoms with Crippen molar-refractivity contribution >= 4 is 23.5 Å². The third kappa shape index (κ3) is 11.6. The number of esters is 2. The Balaban J connectivity index is 1.93. The van der Waals surface area contributed by atoms with Gasteiger partial charge in [-0.25, -0.2) is 0 Å². The number of ether oxygens (including phenoxy) is 2. The van der Waals surface area contributed by atoms with Gasteiger partial charge in [-0.3, -0.25) is 9.59 Å². The van der Waals surface area contributed by atoms with E-state index in [0.717, 1.165) is 51.4 Å². The molecule has 0 atom stereocenters. The van der Waals surface area contributed by atoms with Crippen LogP contribution in [0.2, 0.25) is 5.02 Å². The molecule has 0 spiro atoms. The summed E-state index contributed by atoms with van der Waals surface area (Å²) in [6.45, 7) is 2.62. The zero-order chi connectivity index (χ0) is 18.3. The zero-order valence-electron chi connectivity index (χ0n) is 15.1. The summed E-state index contributed by atoms with van der Waals surface area (Å²) in [7, 11) is 0. The van der Waals surface area contributed by atoms with Gasteiger partial charge in [0.15, 0.2) is 0 Å². The first-order valence-electron chi connectivity index (χ1n) is 9.23. The average molecular weight is 369 g/mol. The van der Waals surface area contributed by atoms with Crippen LogP contribution in [0.3, 0.4) is 0 Å². The summed E-state index contributed by atoms with van der Waals surface area (Å²) >= 11 is 5.78. The summed E-state index contributed by atoms with van der Waals surface area (Å²) in [5.41, 5.74) is 0. The lowest BCUT2D eigenvalue weighted by molar-refractivity contribution is -0.144. The van der Waals surface area contributed by atoms with Crippen molar-refractivity contribution in [2.45, 2.75) is 71.1 Å². The molecule has 0 N–H and O–H groups in total. The first-order valence-corrected chi connectivity index (χ1v) is 9.61. The molecule has 0 aliphatic carbocycles. The van der Waals surface area contributed by atoms with Crippen LogP contribution in [-0.2, 0) is 14.3 Å². The number of hydrogen-bond donors (Lipinski definition) is 0. The molecule has 140 valence electrons. The molecule has 1 rings (SSSR count). The van der Waals surface area contributed by atoms with Gasteiger partial charge < -0.3 is 9.47 Å². The van der Waals surface area contributed by atoms with Crippen molar-refractivity contribution in [2.75, 3.05) is 6.61 Å². The van der Waals surface area contributed by atoms with Gasteiger partial charge in [-0.15, -0.1) is 0 Å². The summed E-state index contributed by atoms with van der Waals surface area (Å²) in [5, 5.41) is 0.619. The summed E-state index contributed by atoms with van der Waals surface area (Å²) in [5.74, 6) is 0.232. The highest BCUT2D eigenvalue weighted by Gasteiger charge is 2.05. The van der Waals surface area contributed by atoms with E-state index in [0.29, 0.717) is 30.2 Å². The maximum atomic E-state index is 11.7. The molecule has 0 bridgehead atoms. The van der Waals surface area contributed by atoms with Gasteiger partial charge in [0, 0.05) is 17.9 Å². The van der Waals surface area contributed by atoms with Crippen LogP contribution < -0.4 is 4.74 Å². The van der Waals surface area contributed by atoms with Gasteiger partial charge in [0.2, 0.25) is 0 Å². The van der Waals surface area contributed by atoms with Crippen LogP contribution in [0.15, 0.2) is 24.3 Å². The van der Waals surface area contributed by atoms with Crippen molar-refractivity contribution in [3.05, 3.63) is 29.3 Å². The predicted octanol–water partition coefficient (Wildman–Crippen LogP) is 5.71. The van der Waals surface area contributed by atoms with E-state index in [1.165, 1.54) is 0 Å². The van der Waals surface area contributed by atoms with Gasteiger partial charge in [0.05, 0.1) is 6.61 Å². The Kier molecular flexibility index (Phi) is 11.8. The molecule has 0 heterocycles. The second-order valence-electron chi connectivity index (χ2n) is 6.12. The second kappa shape index (κ2) is 13.7. The van der Waals surface area contributed by atoms with E-state index >= 15 is 0 Å². The minimum atomic E-state index is -0.211. The number of benzene rings is 1. The number of unbranched alkanes of at least 4 members (excludes halogenated alkanes) is 6. The van der Waals surface area contributed by atoms with Gasteiger partial charge >= 0.3 is 11.9 Å². The van der Waals surface area contributed by atoms with Crippen molar-refractivity contribution in [3.63, 3.8) is 0 Å². The normalized spacial score (nSPS) is 10.5. The molecule has 0 aromatic heterocycles. The minimum absolute atomic E-state index is 0.0848. The average Bonchev–Trinajstić information content (AvgIpc) is 2.59. The summed E-state index contributed by atoms with van der Waals surface area (Å²) < 4.78 is 10.3. The lowest BCUT2D eigenvalue weighted by Gasteiger charge is -2.05. The first kappa shape index (κ1) is 21.5. The maximum absolute atomic E-state index is 11.7. The van der Waals surface area contributed by atoms with Crippen LogP contribution in [0.4, 0.5) is 0 Å². The van der Waals surface area contributed by atoms with Crippen LogP contribution in [0, 0.1) is 0 Å². The largest absolute Gasteiger partial charge is 0.466 e. The molecule has 1 aromatic rings. The number of carbonyl (C=O) groups is 2. The SMILES string of the molecule is CCCCOC(=O)CCCCCCCCC(=O)Oc1ccc(Cl)cc1. The van der Waals surface area contributed by atoms with Crippen molar-refractivity contribution < 1.29 is 19.1 Å². The lowest BCUT2D eigenvalue weighted by Crippen LogP contribution is -2.07. The Hall–Kier alpha value is -1.55. The summed E-state index contributed by atoms with van der Waals surface area (Å²) in [4.78, 5) is 23.1. The number of carbonyl (C=O) groups excluding carboxylic acids is 2. The molecular formula is C20H29ClO4. The highest BCUT2D eigenvalue weighted by Crippen LogP contribution is 2.16. The topological polar surface area (TPSA) is 52.6 Å².